The molecular weight excluding hydrogens is 268 g/mol. The SMILES string of the molecule is CCC(Cl)CCNC(=O)c1c(C)cccc1[N+](=O)[O-]. The number of alkyl halides is 1. The Kier molecular flexibility index (Phi) is 5.76. The van der Waals surface area contributed by atoms with Gasteiger partial charge in [0.1, 0.15) is 5.56 Å². The first kappa shape index (κ1) is 15.4. The smallest absolute Gasteiger partial charge is 0.282 e. The fourth-order valence-electron chi connectivity index (χ4n) is 1.73. The van der Waals surface area contributed by atoms with Crippen molar-refractivity contribution >= 4 is 23.2 Å². The summed E-state index contributed by atoms with van der Waals surface area (Å²) >= 11 is 5.95. The number of hydrogen-bond acceptors (Lipinski definition) is 3. The van der Waals surface area contributed by atoms with Crippen LogP contribution in [-0.4, -0.2) is 22.8 Å². The number of nitrogens with one attached hydrogen (secondary N) is 1. The lowest BCUT2D eigenvalue weighted by Crippen LogP contribution is -2.27. The highest BCUT2D eigenvalue weighted by Gasteiger charge is 2.21. The summed E-state index contributed by atoms with van der Waals surface area (Å²) in [4.78, 5) is 22.4. The minimum Gasteiger partial charge on any atom is -0.352 e. The van der Waals surface area contributed by atoms with Crippen LogP contribution in [0.25, 0.3) is 0 Å². The molecule has 1 rings (SSSR count). The number of carbonyl (C=O) groups excluding carboxylic acids is 1. The number of rotatable bonds is 6. The second kappa shape index (κ2) is 7.09. The molecule has 0 spiro atoms. The second-order valence-electron chi connectivity index (χ2n) is 4.28. The van der Waals surface area contributed by atoms with Gasteiger partial charge in [0, 0.05) is 18.0 Å². The van der Waals surface area contributed by atoms with Gasteiger partial charge < -0.3 is 5.32 Å². The number of benzene rings is 1. The van der Waals surface area contributed by atoms with Gasteiger partial charge in [0.15, 0.2) is 0 Å². The average Bonchev–Trinajstić information content (AvgIpc) is 2.37. The molecular formula is C13H17ClN2O3. The molecule has 1 aromatic carbocycles. The van der Waals surface area contributed by atoms with E-state index in [0.717, 1.165) is 6.42 Å². The maximum atomic E-state index is 12.0. The first-order valence-electron chi connectivity index (χ1n) is 6.13. The monoisotopic (exact) mass is 284 g/mol. The average molecular weight is 285 g/mol. The van der Waals surface area contributed by atoms with E-state index >= 15 is 0 Å². The number of nitro groups is 1. The Morgan fingerprint density at radius 2 is 2.21 bits per heavy atom. The first-order valence-corrected chi connectivity index (χ1v) is 6.57. The van der Waals surface area contributed by atoms with Gasteiger partial charge in [-0.1, -0.05) is 19.1 Å². The van der Waals surface area contributed by atoms with Crippen LogP contribution in [0.15, 0.2) is 18.2 Å². The lowest BCUT2D eigenvalue weighted by atomic mass is 10.1. The molecule has 0 fully saturated rings. The van der Waals surface area contributed by atoms with E-state index in [0.29, 0.717) is 18.5 Å². The van der Waals surface area contributed by atoms with Crippen LogP contribution < -0.4 is 5.32 Å². The predicted octanol–water partition coefficient (Wildman–Crippen LogP) is 3.04. The zero-order chi connectivity index (χ0) is 14.4. The molecule has 19 heavy (non-hydrogen) atoms. The number of nitrogens with zero attached hydrogens (tertiary/aromatic N) is 1. The number of aryl methyl sites for hydroxylation is 1. The standard InChI is InChI=1S/C13H17ClN2O3/c1-3-10(14)7-8-15-13(17)12-9(2)5-4-6-11(12)16(18)19/h4-6,10H,3,7-8H2,1-2H3,(H,15,17). The van der Waals surface area contributed by atoms with Crippen molar-refractivity contribution in [2.24, 2.45) is 0 Å². The van der Waals surface area contributed by atoms with Gasteiger partial charge in [-0.05, 0) is 25.3 Å². The Morgan fingerprint density at radius 3 is 2.79 bits per heavy atom. The van der Waals surface area contributed by atoms with E-state index in [1.54, 1.807) is 19.1 Å². The van der Waals surface area contributed by atoms with E-state index in [1.165, 1.54) is 6.07 Å². The molecule has 5 nitrogen and oxygen atoms in total. The molecule has 0 bridgehead atoms. The zero-order valence-corrected chi connectivity index (χ0v) is 11.7. The van der Waals surface area contributed by atoms with Crippen molar-refractivity contribution in [1.29, 1.82) is 0 Å². The second-order valence-corrected chi connectivity index (χ2v) is 4.89. The van der Waals surface area contributed by atoms with Crippen molar-refractivity contribution < 1.29 is 9.72 Å². The van der Waals surface area contributed by atoms with E-state index in [2.05, 4.69) is 5.32 Å². The number of halogens is 1. The van der Waals surface area contributed by atoms with Crippen LogP contribution in [0.5, 0.6) is 0 Å². The summed E-state index contributed by atoms with van der Waals surface area (Å²) in [6, 6.07) is 4.58. The van der Waals surface area contributed by atoms with Gasteiger partial charge in [-0.25, -0.2) is 0 Å². The normalized spacial score (nSPS) is 11.9. The molecule has 1 aromatic rings. The fourth-order valence-corrected chi connectivity index (χ4v) is 1.84. The lowest BCUT2D eigenvalue weighted by Gasteiger charge is -2.09. The van der Waals surface area contributed by atoms with Gasteiger partial charge in [-0.15, -0.1) is 11.6 Å². The van der Waals surface area contributed by atoms with Crippen LogP contribution in [0.4, 0.5) is 5.69 Å². The number of carbonyl (C=O) groups is 1. The molecule has 0 aromatic heterocycles. The summed E-state index contributed by atoms with van der Waals surface area (Å²) in [5.74, 6) is -0.426. The summed E-state index contributed by atoms with van der Waals surface area (Å²) in [6.45, 7) is 4.05. The molecule has 0 aliphatic heterocycles. The number of hydrogen-bond donors (Lipinski definition) is 1. The number of nitro benzene ring substituents is 1. The number of amides is 1. The summed E-state index contributed by atoms with van der Waals surface area (Å²) in [5, 5.41) is 13.6. The Bertz CT molecular complexity index is 477. The van der Waals surface area contributed by atoms with Gasteiger partial charge in [-0.3, -0.25) is 14.9 Å². The largest absolute Gasteiger partial charge is 0.352 e. The third-order valence-electron chi connectivity index (χ3n) is 2.86. The zero-order valence-electron chi connectivity index (χ0n) is 11.0. The van der Waals surface area contributed by atoms with Crippen molar-refractivity contribution in [3.8, 4) is 0 Å². The Labute approximate surface area is 117 Å². The van der Waals surface area contributed by atoms with E-state index in [-0.39, 0.29) is 16.6 Å². The Morgan fingerprint density at radius 1 is 1.53 bits per heavy atom. The highest BCUT2D eigenvalue weighted by atomic mass is 35.5. The van der Waals surface area contributed by atoms with Crippen molar-refractivity contribution in [2.45, 2.75) is 32.1 Å². The molecule has 0 saturated carbocycles. The summed E-state index contributed by atoms with van der Waals surface area (Å²) in [7, 11) is 0. The quantitative estimate of drug-likeness (QED) is 0.496. The highest BCUT2D eigenvalue weighted by Crippen LogP contribution is 2.21. The molecule has 0 radical (unpaired) electrons. The summed E-state index contributed by atoms with van der Waals surface area (Å²) in [6.07, 6.45) is 1.46. The molecule has 6 heteroatoms. The first-order chi connectivity index (χ1) is 8.97. The maximum absolute atomic E-state index is 12.0. The van der Waals surface area contributed by atoms with Crippen LogP contribution in [0.1, 0.15) is 35.7 Å². The van der Waals surface area contributed by atoms with E-state index in [4.69, 9.17) is 11.6 Å². The van der Waals surface area contributed by atoms with Crippen LogP contribution in [0.2, 0.25) is 0 Å². The molecule has 1 N–H and O–H groups in total. The molecule has 0 aliphatic rings. The predicted molar refractivity (Wildman–Crippen MR) is 74.7 cm³/mol. The van der Waals surface area contributed by atoms with E-state index in [1.807, 2.05) is 6.92 Å². The van der Waals surface area contributed by atoms with Gasteiger partial charge in [0.05, 0.1) is 4.92 Å². The van der Waals surface area contributed by atoms with Gasteiger partial charge in [-0.2, -0.15) is 0 Å². The fraction of sp³-hybridized carbons (Fsp3) is 0.462. The third-order valence-corrected chi connectivity index (χ3v) is 3.39. The van der Waals surface area contributed by atoms with E-state index < -0.39 is 10.8 Å². The third kappa shape index (κ3) is 4.21. The van der Waals surface area contributed by atoms with Crippen LogP contribution in [0, 0.1) is 17.0 Å². The van der Waals surface area contributed by atoms with Gasteiger partial charge in [0.25, 0.3) is 11.6 Å². The van der Waals surface area contributed by atoms with Crippen molar-refractivity contribution in [2.75, 3.05) is 6.54 Å². The van der Waals surface area contributed by atoms with Gasteiger partial charge in [0.2, 0.25) is 0 Å². The van der Waals surface area contributed by atoms with Crippen LogP contribution in [-0.2, 0) is 0 Å². The van der Waals surface area contributed by atoms with Crippen molar-refractivity contribution in [3.63, 3.8) is 0 Å². The van der Waals surface area contributed by atoms with Crippen LogP contribution >= 0.6 is 11.6 Å². The van der Waals surface area contributed by atoms with Crippen LogP contribution in [0.3, 0.4) is 0 Å². The topological polar surface area (TPSA) is 72.2 Å². The Balaban J connectivity index is 2.79. The minimum absolute atomic E-state index is 0.00663. The maximum Gasteiger partial charge on any atom is 0.282 e. The Hall–Kier alpha value is -1.62. The lowest BCUT2D eigenvalue weighted by molar-refractivity contribution is -0.385. The summed E-state index contributed by atoms with van der Waals surface area (Å²) in [5.41, 5.74) is 0.537. The molecule has 1 atom stereocenters. The molecule has 1 amide bonds. The minimum atomic E-state index is -0.543. The highest BCUT2D eigenvalue weighted by molar-refractivity contribution is 6.20. The van der Waals surface area contributed by atoms with E-state index in [9.17, 15) is 14.9 Å². The molecule has 0 heterocycles. The van der Waals surface area contributed by atoms with Crippen molar-refractivity contribution in [1.82, 2.24) is 5.32 Å². The molecule has 0 aliphatic carbocycles. The van der Waals surface area contributed by atoms with Crippen molar-refractivity contribution in [3.05, 3.63) is 39.4 Å². The molecule has 0 saturated heterocycles. The molecule has 1 unspecified atom stereocenters. The molecule has 104 valence electrons. The van der Waals surface area contributed by atoms with Gasteiger partial charge >= 0.3 is 0 Å². The summed E-state index contributed by atoms with van der Waals surface area (Å²) < 4.78 is 0.